The Balaban J connectivity index is 2.03. The van der Waals surface area contributed by atoms with E-state index in [1.54, 1.807) is 12.1 Å². The van der Waals surface area contributed by atoms with Crippen LogP contribution in [0.25, 0.3) is 0 Å². The van der Waals surface area contributed by atoms with Crippen molar-refractivity contribution in [3.8, 4) is 0 Å². The summed E-state index contributed by atoms with van der Waals surface area (Å²) in [5.41, 5.74) is -0.0691. The van der Waals surface area contributed by atoms with Crippen LogP contribution in [0.5, 0.6) is 0 Å². The van der Waals surface area contributed by atoms with Crippen LogP contribution in [-0.4, -0.2) is 33.6 Å². The maximum atomic E-state index is 13.4. The Labute approximate surface area is 189 Å². The number of hydrogen-bond acceptors (Lipinski definition) is 5. The summed E-state index contributed by atoms with van der Waals surface area (Å²) in [6.45, 7) is -0.0413. The van der Waals surface area contributed by atoms with Gasteiger partial charge in [-0.2, -0.15) is 0 Å². The number of non-ortho nitro benzene ring substituents is 1. The van der Waals surface area contributed by atoms with Gasteiger partial charge in [0.2, 0.25) is 11.8 Å². The molecule has 1 atom stereocenters. The first-order valence-corrected chi connectivity index (χ1v) is 10.9. The van der Waals surface area contributed by atoms with Crippen molar-refractivity contribution < 1.29 is 18.9 Å². The van der Waals surface area contributed by atoms with E-state index in [1.165, 1.54) is 29.4 Å². The van der Waals surface area contributed by atoms with Crippen molar-refractivity contribution in [1.29, 1.82) is 0 Å². The van der Waals surface area contributed by atoms with Gasteiger partial charge >= 0.3 is 0 Å². The number of nitro benzene ring substituents is 1. The fourth-order valence-corrected chi connectivity index (χ4v) is 4.18. The Bertz CT molecular complexity index is 929. The smallest absolute Gasteiger partial charge is 0.269 e. The number of hydrogen-bond donors (Lipinski definition) is 1. The Morgan fingerprint density at radius 1 is 1.26 bits per heavy atom. The highest BCUT2D eigenvalue weighted by Gasteiger charge is 2.35. The number of nitrogens with one attached hydrogen (secondary N) is 1. The molecule has 1 aliphatic carbocycles. The summed E-state index contributed by atoms with van der Waals surface area (Å²) in [6, 6.07) is 5.93. The maximum absolute atomic E-state index is 13.4. The van der Waals surface area contributed by atoms with Crippen LogP contribution in [0.2, 0.25) is 5.02 Å². The van der Waals surface area contributed by atoms with Gasteiger partial charge < -0.3 is 14.6 Å². The summed E-state index contributed by atoms with van der Waals surface area (Å²) in [6.07, 6.45) is 6.25. The Kier molecular flexibility index (Phi) is 7.92. The maximum Gasteiger partial charge on any atom is 0.269 e. The number of alkyl halides is 1. The van der Waals surface area contributed by atoms with E-state index in [9.17, 15) is 19.7 Å². The highest BCUT2D eigenvalue weighted by molar-refractivity contribution is 6.32. The SMILES string of the molecule is O=C(NC1CCCCC1)C(c1cc([N+](=O)[O-])ccc1Cl)N(Cc1ccco1)C(=O)CCl. The van der Waals surface area contributed by atoms with E-state index in [1.807, 2.05) is 0 Å². The number of rotatable bonds is 8. The monoisotopic (exact) mass is 467 g/mol. The van der Waals surface area contributed by atoms with Gasteiger partial charge in [0.1, 0.15) is 17.7 Å². The second-order valence-corrected chi connectivity index (χ2v) is 8.12. The van der Waals surface area contributed by atoms with Gasteiger partial charge in [0.15, 0.2) is 0 Å². The average Bonchev–Trinajstić information content (AvgIpc) is 3.27. The van der Waals surface area contributed by atoms with Gasteiger partial charge in [0.25, 0.3) is 5.69 Å². The summed E-state index contributed by atoms with van der Waals surface area (Å²) >= 11 is 12.2. The van der Waals surface area contributed by atoms with Gasteiger partial charge in [0.05, 0.1) is 17.7 Å². The van der Waals surface area contributed by atoms with Crippen LogP contribution in [0.4, 0.5) is 5.69 Å². The van der Waals surface area contributed by atoms with Crippen molar-refractivity contribution >= 4 is 40.7 Å². The number of halogens is 2. The second-order valence-electron chi connectivity index (χ2n) is 7.44. The summed E-state index contributed by atoms with van der Waals surface area (Å²) in [5.74, 6) is -0.917. The van der Waals surface area contributed by atoms with Gasteiger partial charge in [-0.05, 0) is 31.0 Å². The van der Waals surface area contributed by atoms with E-state index in [0.29, 0.717) is 5.76 Å². The topological polar surface area (TPSA) is 106 Å². The van der Waals surface area contributed by atoms with Crippen molar-refractivity contribution in [2.75, 3.05) is 5.88 Å². The predicted molar refractivity (Wildman–Crippen MR) is 116 cm³/mol. The summed E-state index contributed by atoms with van der Waals surface area (Å²) in [5, 5.41) is 14.5. The van der Waals surface area contributed by atoms with Crippen molar-refractivity contribution in [1.82, 2.24) is 10.2 Å². The third kappa shape index (κ3) is 5.77. The van der Waals surface area contributed by atoms with Crippen molar-refractivity contribution in [2.24, 2.45) is 0 Å². The van der Waals surface area contributed by atoms with E-state index in [-0.39, 0.29) is 34.7 Å². The number of nitrogens with zero attached hydrogens (tertiary/aromatic N) is 2. The van der Waals surface area contributed by atoms with Crippen LogP contribution in [0.3, 0.4) is 0 Å². The number of benzene rings is 1. The van der Waals surface area contributed by atoms with Crippen LogP contribution in [0, 0.1) is 10.1 Å². The normalized spacial score (nSPS) is 15.3. The molecule has 0 spiro atoms. The lowest BCUT2D eigenvalue weighted by molar-refractivity contribution is -0.384. The van der Waals surface area contributed by atoms with Gasteiger partial charge in [0, 0.05) is 28.8 Å². The summed E-state index contributed by atoms with van der Waals surface area (Å²) < 4.78 is 5.36. The fourth-order valence-electron chi connectivity index (χ4n) is 3.80. The number of nitro groups is 1. The molecule has 31 heavy (non-hydrogen) atoms. The van der Waals surface area contributed by atoms with Gasteiger partial charge in [-0.15, -0.1) is 11.6 Å². The predicted octanol–water partition coefficient (Wildman–Crippen LogP) is 4.60. The zero-order valence-electron chi connectivity index (χ0n) is 16.8. The molecule has 1 aliphatic rings. The molecule has 10 heteroatoms. The van der Waals surface area contributed by atoms with Crippen LogP contribution < -0.4 is 5.32 Å². The minimum atomic E-state index is -1.20. The Morgan fingerprint density at radius 3 is 2.61 bits per heavy atom. The molecule has 2 amide bonds. The minimum Gasteiger partial charge on any atom is -0.467 e. The van der Waals surface area contributed by atoms with Crippen LogP contribution >= 0.6 is 23.2 Å². The molecule has 0 saturated heterocycles. The highest BCUT2D eigenvalue weighted by Crippen LogP contribution is 2.33. The van der Waals surface area contributed by atoms with Crippen LogP contribution in [-0.2, 0) is 16.1 Å². The molecule has 1 unspecified atom stereocenters. The van der Waals surface area contributed by atoms with E-state index >= 15 is 0 Å². The van der Waals surface area contributed by atoms with E-state index < -0.39 is 22.8 Å². The lowest BCUT2D eigenvalue weighted by Crippen LogP contribution is -2.47. The standard InChI is InChI=1S/C21H23Cl2N3O5/c22-12-19(27)25(13-16-7-4-10-31-16)20(21(28)24-14-5-2-1-3-6-14)17-11-15(26(29)30)8-9-18(17)23/h4,7-11,14,20H,1-3,5-6,12-13H2,(H,24,28). The Morgan fingerprint density at radius 2 is 2.00 bits per heavy atom. The zero-order valence-corrected chi connectivity index (χ0v) is 18.3. The molecule has 8 nitrogen and oxygen atoms in total. The number of amides is 2. The van der Waals surface area contributed by atoms with Gasteiger partial charge in [-0.25, -0.2) is 0 Å². The first-order chi connectivity index (χ1) is 14.9. The third-order valence-corrected chi connectivity index (χ3v) is 5.91. The molecular formula is C21H23Cl2N3O5. The molecule has 3 rings (SSSR count). The molecule has 0 bridgehead atoms. The molecule has 1 aromatic heterocycles. The molecule has 0 radical (unpaired) electrons. The first-order valence-electron chi connectivity index (χ1n) is 10.0. The molecule has 1 saturated carbocycles. The Hall–Kier alpha value is -2.58. The van der Waals surface area contributed by atoms with Crippen molar-refractivity contribution in [2.45, 2.75) is 50.7 Å². The number of carbonyl (C=O) groups excluding carboxylic acids is 2. The van der Waals surface area contributed by atoms with Gasteiger partial charge in [-0.1, -0.05) is 30.9 Å². The van der Waals surface area contributed by atoms with Crippen LogP contribution in [0.1, 0.15) is 49.5 Å². The summed E-state index contributed by atoms with van der Waals surface area (Å²) in [4.78, 5) is 38.2. The number of carbonyl (C=O) groups is 2. The molecule has 166 valence electrons. The highest BCUT2D eigenvalue weighted by atomic mass is 35.5. The van der Waals surface area contributed by atoms with Crippen LogP contribution in [0.15, 0.2) is 41.0 Å². The third-order valence-electron chi connectivity index (χ3n) is 5.34. The average molecular weight is 468 g/mol. The second kappa shape index (κ2) is 10.6. The molecule has 0 aliphatic heterocycles. The molecular weight excluding hydrogens is 445 g/mol. The van der Waals surface area contributed by atoms with Gasteiger partial charge in [-0.3, -0.25) is 19.7 Å². The molecule has 1 aromatic carbocycles. The van der Waals surface area contributed by atoms with E-state index in [2.05, 4.69) is 5.32 Å². The minimum absolute atomic E-state index is 0.0298. The fraction of sp³-hybridized carbons (Fsp3) is 0.429. The quantitative estimate of drug-likeness (QED) is 0.346. The molecule has 1 heterocycles. The zero-order chi connectivity index (χ0) is 22.4. The largest absolute Gasteiger partial charge is 0.467 e. The first kappa shape index (κ1) is 23.1. The molecule has 1 N–H and O–H groups in total. The van der Waals surface area contributed by atoms with Crippen molar-refractivity contribution in [3.05, 3.63) is 63.1 Å². The molecule has 1 fully saturated rings. The van der Waals surface area contributed by atoms with Crippen molar-refractivity contribution in [3.63, 3.8) is 0 Å². The lowest BCUT2D eigenvalue weighted by Gasteiger charge is -2.33. The molecule has 2 aromatic rings. The van der Waals surface area contributed by atoms with E-state index in [0.717, 1.165) is 32.1 Å². The number of furan rings is 1. The van der Waals surface area contributed by atoms with E-state index in [4.69, 9.17) is 27.6 Å². The summed E-state index contributed by atoms with van der Waals surface area (Å²) in [7, 11) is 0. The lowest BCUT2D eigenvalue weighted by atomic mass is 9.94.